The monoisotopic (exact) mass is 526 g/mol. The fourth-order valence-electron chi connectivity index (χ4n) is 4.44. The standard InChI is InChI=1S/C25H42N4O6S/c1-18-14-22(34-7)15-19(2)25(18)36(32,33)28(5)17-23(30)26-16-24(31)29(6)20-8-10-21(11-9-20)35-13-12-27(3)4/h14-15,20-21H,8-13,16-17H2,1-7H3,(H,26,30). The predicted molar refractivity (Wildman–Crippen MR) is 139 cm³/mol. The first-order chi connectivity index (χ1) is 16.9. The quantitative estimate of drug-likeness (QED) is 0.439. The fraction of sp³-hybridized carbons (Fsp3) is 0.680. The fourth-order valence-corrected chi connectivity index (χ4v) is 5.97. The van der Waals surface area contributed by atoms with Crippen molar-refractivity contribution in [3.63, 3.8) is 0 Å². The number of amides is 2. The van der Waals surface area contributed by atoms with Crippen LogP contribution in [-0.2, 0) is 24.3 Å². The normalized spacial score (nSPS) is 18.4. The highest BCUT2D eigenvalue weighted by Crippen LogP contribution is 2.28. The second kappa shape index (κ2) is 13.4. The molecule has 10 nitrogen and oxygen atoms in total. The largest absolute Gasteiger partial charge is 0.497 e. The first-order valence-corrected chi connectivity index (χ1v) is 13.7. The predicted octanol–water partition coefficient (Wildman–Crippen LogP) is 1.40. The van der Waals surface area contributed by atoms with Crippen molar-refractivity contribution in [3.05, 3.63) is 23.3 Å². The number of carbonyl (C=O) groups excluding carboxylic acids is 2. The molecule has 1 aromatic carbocycles. The number of nitrogens with zero attached hydrogens (tertiary/aromatic N) is 3. The molecule has 1 N–H and O–H groups in total. The Bertz CT molecular complexity index is 983. The Morgan fingerprint density at radius 3 is 2.14 bits per heavy atom. The number of hydrogen-bond acceptors (Lipinski definition) is 7. The lowest BCUT2D eigenvalue weighted by Crippen LogP contribution is -2.47. The molecule has 2 rings (SSSR count). The molecule has 0 aromatic heterocycles. The van der Waals surface area contributed by atoms with Crippen molar-refractivity contribution in [2.75, 3.05) is 61.5 Å². The molecule has 36 heavy (non-hydrogen) atoms. The number of aryl methyl sites for hydroxylation is 2. The lowest BCUT2D eigenvalue weighted by atomic mass is 9.92. The molecule has 0 aliphatic heterocycles. The molecule has 0 atom stereocenters. The lowest BCUT2D eigenvalue weighted by molar-refractivity contribution is -0.134. The van der Waals surface area contributed by atoms with E-state index in [1.165, 1.54) is 14.2 Å². The highest BCUT2D eigenvalue weighted by molar-refractivity contribution is 7.89. The zero-order valence-corrected chi connectivity index (χ0v) is 23.5. The Balaban J connectivity index is 1.84. The van der Waals surface area contributed by atoms with Gasteiger partial charge in [-0.3, -0.25) is 9.59 Å². The molecule has 0 bridgehead atoms. The van der Waals surface area contributed by atoms with Crippen molar-refractivity contribution in [2.24, 2.45) is 0 Å². The van der Waals surface area contributed by atoms with Crippen molar-refractivity contribution in [1.29, 1.82) is 0 Å². The van der Waals surface area contributed by atoms with Gasteiger partial charge in [0.1, 0.15) is 5.75 Å². The van der Waals surface area contributed by atoms with E-state index in [0.717, 1.165) is 36.5 Å². The Hall–Kier alpha value is -2.21. The van der Waals surface area contributed by atoms with Gasteiger partial charge in [-0.15, -0.1) is 0 Å². The number of carbonyl (C=O) groups is 2. The van der Waals surface area contributed by atoms with Gasteiger partial charge in [0.2, 0.25) is 21.8 Å². The average Bonchev–Trinajstić information content (AvgIpc) is 2.81. The number of methoxy groups -OCH3 is 1. The molecule has 2 amide bonds. The molecule has 204 valence electrons. The van der Waals surface area contributed by atoms with Crippen LogP contribution in [-0.4, -0.2) is 108 Å². The maximum absolute atomic E-state index is 13.1. The summed E-state index contributed by atoms with van der Waals surface area (Å²) in [5.74, 6) is -0.172. The summed E-state index contributed by atoms with van der Waals surface area (Å²) in [6, 6.07) is 3.39. The van der Waals surface area contributed by atoms with Crippen molar-refractivity contribution in [1.82, 2.24) is 19.4 Å². The van der Waals surface area contributed by atoms with Crippen LogP contribution < -0.4 is 10.1 Å². The molecular weight excluding hydrogens is 484 g/mol. The zero-order chi connectivity index (χ0) is 27.0. The molecule has 1 aromatic rings. The summed E-state index contributed by atoms with van der Waals surface area (Å²) in [7, 11) is 4.74. The topological polar surface area (TPSA) is 108 Å². The van der Waals surface area contributed by atoms with Crippen LogP contribution in [0.25, 0.3) is 0 Å². The number of nitrogens with one attached hydrogen (secondary N) is 1. The summed E-state index contributed by atoms with van der Waals surface area (Å²) >= 11 is 0. The number of sulfonamides is 1. The van der Waals surface area contributed by atoms with E-state index in [4.69, 9.17) is 9.47 Å². The van der Waals surface area contributed by atoms with E-state index in [9.17, 15) is 18.0 Å². The minimum Gasteiger partial charge on any atom is -0.497 e. The lowest BCUT2D eigenvalue weighted by Gasteiger charge is -2.34. The van der Waals surface area contributed by atoms with E-state index in [0.29, 0.717) is 23.5 Å². The van der Waals surface area contributed by atoms with Crippen molar-refractivity contribution < 1.29 is 27.5 Å². The van der Waals surface area contributed by atoms with Gasteiger partial charge in [0.25, 0.3) is 0 Å². The van der Waals surface area contributed by atoms with Gasteiger partial charge in [-0.1, -0.05) is 0 Å². The summed E-state index contributed by atoms with van der Waals surface area (Å²) in [5.41, 5.74) is 1.07. The van der Waals surface area contributed by atoms with Gasteiger partial charge in [0, 0.05) is 26.7 Å². The van der Waals surface area contributed by atoms with Crippen LogP contribution in [0.1, 0.15) is 36.8 Å². The molecule has 1 aliphatic carbocycles. The summed E-state index contributed by atoms with van der Waals surface area (Å²) < 4.78 is 38.3. The van der Waals surface area contributed by atoms with Gasteiger partial charge in [-0.25, -0.2) is 8.42 Å². The molecular formula is C25H42N4O6S. The van der Waals surface area contributed by atoms with Crippen LogP contribution in [0, 0.1) is 13.8 Å². The van der Waals surface area contributed by atoms with Gasteiger partial charge < -0.3 is 24.6 Å². The molecule has 0 spiro atoms. The Morgan fingerprint density at radius 2 is 1.61 bits per heavy atom. The molecule has 0 radical (unpaired) electrons. The second-order valence-corrected chi connectivity index (χ2v) is 11.7. The minimum atomic E-state index is -3.90. The third kappa shape index (κ3) is 8.16. The molecule has 0 unspecified atom stereocenters. The number of rotatable bonds is 12. The van der Waals surface area contributed by atoms with Gasteiger partial charge in [-0.05, 0) is 76.9 Å². The van der Waals surface area contributed by atoms with Crippen LogP contribution in [0.3, 0.4) is 0 Å². The molecule has 11 heteroatoms. The van der Waals surface area contributed by atoms with E-state index in [2.05, 4.69) is 10.2 Å². The Kier molecular flexibility index (Phi) is 11.1. The highest BCUT2D eigenvalue weighted by Gasteiger charge is 2.29. The SMILES string of the molecule is COc1cc(C)c(S(=O)(=O)N(C)CC(=O)NCC(=O)N(C)C2CCC(OCCN(C)C)CC2)c(C)c1. The molecule has 1 aliphatic rings. The molecule has 1 saturated carbocycles. The van der Waals surface area contributed by atoms with E-state index in [-0.39, 0.29) is 36.0 Å². The van der Waals surface area contributed by atoms with Crippen LogP contribution in [0.15, 0.2) is 17.0 Å². The third-order valence-corrected chi connectivity index (χ3v) is 8.73. The summed E-state index contributed by atoms with van der Waals surface area (Å²) in [6.07, 6.45) is 3.72. The van der Waals surface area contributed by atoms with Crippen LogP contribution in [0.5, 0.6) is 5.75 Å². The van der Waals surface area contributed by atoms with E-state index >= 15 is 0 Å². The van der Waals surface area contributed by atoms with E-state index in [1.807, 2.05) is 14.1 Å². The van der Waals surface area contributed by atoms with Crippen molar-refractivity contribution in [3.8, 4) is 5.75 Å². The number of hydrogen-bond donors (Lipinski definition) is 1. The van der Waals surface area contributed by atoms with E-state index < -0.39 is 15.9 Å². The second-order valence-electron chi connectivity index (χ2n) is 9.74. The van der Waals surface area contributed by atoms with Crippen LogP contribution in [0.2, 0.25) is 0 Å². The van der Waals surface area contributed by atoms with E-state index in [1.54, 1.807) is 37.9 Å². The average molecular weight is 527 g/mol. The summed E-state index contributed by atoms with van der Waals surface area (Å²) in [5, 5.41) is 2.57. The van der Waals surface area contributed by atoms with Gasteiger partial charge in [-0.2, -0.15) is 4.31 Å². The minimum absolute atomic E-state index is 0.104. The molecule has 1 fully saturated rings. The number of ether oxygens (including phenoxy) is 2. The zero-order valence-electron chi connectivity index (χ0n) is 22.7. The van der Waals surface area contributed by atoms with Gasteiger partial charge >= 0.3 is 0 Å². The summed E-state index contributed by atoms with van der Waals surface area (Å²) in [4.78, 5) is 29.0. The first kappa shape index (κ1) is 30.0. The number of benzene rings is 1. The maximum atomic E-state index is 13.1. The van der Waals surface area contributed by atoms with Crippen LogP contribution >= 0.6 is 0 Å². The van der Waals surface area contributed by atoms with Gasteiger partial charge in [0.15, 0.2) is 0 Å². The van der Waals surface area contributed by atoms with Gasteiger partial charge in [0.05, 0.1) is 37.8 Å². The number of likely N-dealkylation sites (N-methyl/N-ethyl adjacent to an activating group) is 3. The Morgan fingerprint density at radius 1 is 1.03 bits per heavy atom. The van der Waals surface area contributed by atoms with Crippen molar-refractivity contribution >= 4 is 21.8 Å². The molecule has 0 saturated heterocycles. The highest BCUT2D eigenvalue weighted by atomic mass is 32.2. The summed E-state index contributed by atoms with van der Waals surface area (Å²) in [6.45, 7) is 4.39. The molecule has 0 heterocycles. The third-order valence-electron chi connectivity index (χ3n) is 6.62. The van der Waals surface area contributed by atoms with Crippen LogP contribution in [0.4, 0.5) is 0 Å². The van der Waals surface area contributed by atoms with Crippen molar-refractivity contribution in [2.45, 2.75) is 56.6 Å². The first-order valence-electron chi connectivity index (χ1n) is 12.3. The Labute approximate surface area is 215 Å². The smallest absolute Gasteiger partial charge is 0.243 e. The maximum Gasteiger partial charge on any atom is 0.243 e.